The van der Waals surface area contributed by atoms with Gasteiger partial charge in [0.15, 0.2) is 0 Å². The second-order valence-electron chi connectivity index (χ2n) is 6.25. The van der Waals surface area contributed by atoms with Crippen LogP contribution >= 0.6 is 0 Å². The Morgan fingerprint density at radius 3 is 2.48 bits per heavy atom. The third-order valence-corrected chi connectivity index (χ3v) is 4.50. The van der Waals surface area contributed by atoms with Crippen molar-refractivity contribution in [3.8, 4) is 22.6 Å². The molecule has 126 valence electrons. The first-order valence-corrected chi connectivity index (χ1v) is 8.51. The lowest BCUT2D eigenvalue weighted by atomic mass is 9.97. The van der Waals surface area contributed by atoms with Crippen molar-refractivity contribution in [2.24, 2.45) is 0 Å². The zero-order valence-electron chi connectivity index (χ0n) is 14.1. The van der Waals surface area contributed by atoms with Gasteiger partial charge in [0, 0.05) is 31.1 Å². The molecule has 3 aromatic rings. The summed E-state index contributed by atoms with van der Waals surface area (Å²) < 4.78 is 5.59. The highest BCUT2D eigenvalue weighted by atomic mass is 16.4. The van der Waals surface area contributed by atoms with Gasteiger partial charge in [0.25, 0.3) is 5.91 Å². The van der Waals surface area contributed by atoms with Gasteiger partial charge in [0.2, 0.25) is 11.8 Å². The van der Waals surface area contributed by atoms with Crippen LogP contribution in [0.1, 0.15) is 29.1 Å². The smallest absolute Gasteiger partial charge is 0.253 e. The van der Waals surface area contributed by atoms with Gasteiger partial charge in [-0.05, 0) is 42.2 Å². The second kappa shape index (κ2) is 6.51. The van der Waals surface area contributed by atoms with Crippen LogP contribution < -0.4 is 0 Å². The molecule has 1 aromatic heterocycles. The quantitative estimate of drug-likeness (QED) is 0.728. The number of aryl methyl sites for hydroxylation is 1. The van der Waals surface area contributed by atoms with E-state index in [4.69, 9.17) is 4.42 Å². The van der Waals surface area contributed by atoms with Crippen molar-refractivity contribution in [1.82, 2.24) is 15.1 Å². The fraction of sp³-hybridized carbons (Fsp3) is 0.250. The molecule has 2 aromatic carbocycles. The van der Waals surface area contributed by atoms with Gasteiger partial charge in [0.1, 0.15) is 0 Å². The van der Waals surface area contributed by atoms with E-state index in [1.54, 1.807) is 6.92 Å². The van der Waals surface area contributed by atoms with Crippen molar-refractivity contribution in [1.29, 1.82) is 0 Å². The van der Waals surface area contributed by atoms with Gasteiger partial charge >= 0.3 is 0 Å². The summed E-state index contributed by atoms with van der Waals surface area (Å²) in [5.41, 5.74) is 3.53. The standard InChI is InChI=1S/C20H19N3O2/c1-14-21-22-19(25-14)18-10-3-2-9-17(18)15-7-6-8-16(13-15)20(24)23-11-4-5-12-23/h2-3,6-10,13H,4-5,11-12H2,1H3. The van der Waals surface area contributed by atoms with E-state index in [1.165, 1.54) is 0 Å². The molecule has 1 aliphatic rings. The minimum atomic E-state index is 0.102. The van der Waals surface area contributed by atoms with Crippen LogP contribution in [-0.2, 0) is 0 Å². The van der Waals surface area contributed by atoms with Gasteiger partial charge in [-0.15, -0.1) is 10.2 Å². The van der Waals surface area contributed by atoms with Crippen LogP contribution in [0.2, 0.25) is 0 Å². The largest absolute Gasteiger partial charge is 0.421 e. The maximum absolute atomic E-state index is 12.7. The molecule has 5 heteroatoms. The Labute approximate surface area is 146 Å². The molecule has 1 fully saturated rings. The van der Waals surface area contributed by atoms with Crippen molar-refractivity contribution in [3.05, 3.63) is 60.0 Å². The Morgan fingerprint density at radius 1 is 1.00 bits per heavy atom. The van der Waals surface area contributed by atoms with Gasteiger partial charge < -0.3 is 9.32 Å². The number of carbonyl (C=O) groups is 1. The second-order valence-corrected chi connectivity index (χ2v) is 6.25. The predicted octanol–water partition coefficient (Wildman–Crippen LogP) is 3.95. The van der Waals surface area contributed by atoms with Crippen LogP contribution in [-0.4, -0.2) is 34.1 Å². The van der Waals surface area contributed by atoms with Crippen molar-refractivity contribution >= 4 is 5.91 Å². The molecular formula is C20H19N3O2. The predicted molar refractivity (Wildman–Crippen MR) is 95.0 cm³/mol. The number of hydrogen-bond acceptors (Lipinski definition) is 4. The third kappa shape index (κ3) is 3.05. The van der Waals surface area contributed by atoms with Gasteiger partial charge in [-0.2, -0.15) is 0 Å². The van der Waals surface area contributed by atoms with E-state index in [-0.39, 0.29) is 5.91 Å². The summed E-state index contributed by atoms with van der Waals surface area (Å²) in [5, 5.41) is 8.05. The molecule has 1 saturated heterocycles. The first kappa shape index (κ1) is 15.6. The number of benzene rings is 2. The van der Waals surface area contributed by atoms with Crippen molar-refractivity contribution in [2.75, 3.05) is 13.1 Å². The van der Waals surface area contributed by atoms with E-state index in [9.17, 15) is 4.79 Å². The number of nitrogens with zero attached hydrogens (tertiary/aromatic N) is 3. The highest BCUT2D eigenvalue weighted by Crippen LogP contribution is 2.31. The number of carbonyl (C=O) groups excluding carboxylic acids is 1. The van der Waals surface area contributed by atoms with E-state index in [1.807, 2.05) is 53.4 Å². The molecule has 5 nitrogen and oxygen atoms in total. The van der Waals surface area contributed by atoms with E-state index < -0.39 is 0 Å². The molecule has 2 heterocycles. The Balaban J connectivity index is 1.73. The lowest BCUT2D eigenvalue weighted by Crippen LogP contribution is -2.27. The fourth-order valence-corrected chi connectivity index (χ4v) is 3.25. The molecule has 4 rings (SSSR count). The molecule has 0 bridgehead atoms. The highest BCUT2D eigenvalue weighted by Gasteiger charge is 2.20. The summed E-state index contributed by atoms with van der Waals surface area (Å²) >= 11 is 0. The first-order valence-electron chi connectivity index (χ1n) is 8.51. The summed E-state index contributed by atoms with van der Waals surface area (Å²) in [6, 6.07) is 15.6. The normalized spacial score (nSPS) is 14.0. The number of hydrogen-bond donors (Lipinski definition) is 0. The molecule has 0 N–H and O–H groups in total. The molecule has 0 aliphatic carbocycles. The van der Waals surface area contributed by atoms with E-state index in [2.05, 4.69) is 10.2 Å². The minimum Gasteiger partial charge on any atom is -0.421 e. The third-order valence-electron chi connectivity index (χ3n) is 4.50. The minimum absolute atomic E-state index is 0.102. The summed E-state index contributed by atoms with van der Waals surface area (Å²) in [5.74, 6) is 1.12. The zero-order chi connectivity index (χ0) is 17.2. The van der Waals surface area contributed by atoms with Crippen LogP contribution in [0.15, 0.2) is 52.9 Å². The fourth-order valence-electron chi connectivity index (χ4n) is 3.25. The van der Waals surface area contributed by atoms with Crippen molar-refractivity contribution in [3.63, 3.8) is 0 Å². The molecule has 25 heavy (non-hydrogen) atoms. The Hall–Kier alpha value is -2.95. The summed E-state index contributed by atoms with van der Waals surface area (Å²) in [7, 11) is 0. The Kier molecular flexibility index (Phi) is 4.06. The first-order chi connectivity index (χ1) is 12.2. The molecule has 0 atom stereocenters. The molecule has 0 spiro atoms. The molecule has 0 unspecified atom stereocenters. The molecule has 0 radical (unpaired) electrons. The summed E-state index contributed by atoms with van der Waals surface area (Å²) in [6.07, 6.45) is 2.18. The topological polar surface area (TPSA) is 59.2 Å². The van der Waals surface area contributed by atoms with E-state index in [0.29, 0.717) is 11.8 Å². The van der Waals surface area contributed by atoms with Crippen LogP contribution in [0.3, 0.4) is 0 Å². The van der Waals surface area contributed by atoms with Gasteiger partial charge in [-0.3, -0.25) is 4.79 Å². The van der Waals surface area contributed by atoms with Gasteiger partial charge in [0.05, 0.1) is 0 Å². The monoisotopic (exact) mass is 333 g/mol. The Morgan fingerprint density at radius 2 is 1.76 bits per heavy atom. The van der Waals surface area contributed by atoms with Gasteiger partial charge in [-0.1, -0.05) is 30.3 Å². The summed E-state index contributed by atoms with van der Waals surface area (Å²) in [4.78, 5) is 14.6. The molecule has 1 amide bonds. The van der Waals surface area contributed by atoms with Crippen LogP contribution in [0.4, 0.5) is 0 Å². The number of likely N-dealkylation sites (tertiary alicyclic amines) is 1. The van der Waals surface area contributed by atoms with Crippen LogP contribution in [0.5, 0.6) is 0 Å². The van der Waals surface area contributed by atoms with Crippen molar-refractivity contribution in [2.45, 2.75) is 19.8 Å². The maximum atomic E-state index is 12.7. The number of aromatic nitrogens is 2. The van der Waals surface area contributed by atoms with E-state index >= 15 is 0 Å². The highest BCUT2D eigenvalue weighted by molar-refractivity contribution is 5.96. The van der Waals surface area contributed by atoms with Crippen molar-refractivity contribution < 1.29 is 9.21 Å². The average molecular weight is 333 g/mol. The lowest BCUT2D eigenvalue weighted by Gasteiger charge is -2.16. The van der Waals surface area contributed by atoms with Crippen LogP contribution in [0, 0.1) is 6.92 Å². The average Bonchev–Trinajstić information content (AvgIpc) is 3.33. The lowest BCUT2D eigenvalue weighted by molar-refractivity contribution is 0.0793. The SMILES string of the molecule is Cc1nnc(-c2ccccc2-c2cccc(C(=O)N3CCCC3)c2)o1. The number of rotatable bonds is 3. The Bertz CT molecular complexity index is 911. The molecule has 0 saturated carbocycles. The zero-order valence-corrected chi connectivity index (χ0v) is 14.1. The van der Waals surface area contributed by atoms with Crippen LogP contribution in [0.25, 0.3) is 22.6 Å². The molecular weight excluding hydrogens is 314 g/mol. The summed E-state index contributed by atoms with van der Waals surface area (Å²) in [6.45, 7) is 3.47. The van der Waals surface area contributed by atoms with Gasteiger partial charge in [-0.25, -0.2) is 0 Å². The molecule has 1 aliphatic heterocycles. The van der Waals surface area contributed by atoms with E-state index in [0.717, 1.165) is 48.2 Å². The maximum Gasteiger partial charge on any atom is 0.253 e. The number of amides is 1.